The number of nitrogens with zero attached hydrogens (tertiary/aromatic N) is 1. The number of halogens is 1. The quantitative estimate of drug-likeness (QED) is 0.785. The fourth-order valence-corrected chi connectivity index (χ4v) is 3.39. The van der Waals surface area contributed by atoms with Crippen molar-refractivity contribution in [3.63, 3.8) is 0 Å². The van der Waals surface area contributed by atoms with Gasteiger partial charge in [0.1, 0.15) is 5.82 Å². The number of rotatable bonds is 5. The number of aliphatic carboxylic acids is 1. The van der Waals surface area contributed by atoms with E-state index in [1.54, 1.807) is 0 Å². The van der Waals surface area contributed by atoms with Crippen molar-refractivity contribution >= 4 is 23.5 Å². The van der Waals surface area contributed by atoms with Crippen molar-refractivity contribution in [3.05, 3.63) is 29.6 Å². The number of benzene rings is 1. The molecule has 2 rings (SSSR count). The van der Waals surface area contributed by atoms with Gasteiger partial charge in [0.15, 0.2) is 0 Å². The molecule has 1 saturated carbocycles. The summed E-state index contributed by atoms with van der Waals surface area (Å²) in [6.07, 6.45) is 4.36. The van der Waals surface area contributed by atoms with Crippen LogP contribution in [-0.2, 0) is 9.59 Å². The molecule has 1 aliphatic rings. The number of carbonyl (C=O) groups excluding carboxylic acids is 2. The Morgan fingerprint density at radius 1 is 1.15 bits per heavy atom. The third-order valence-corrected chi connectivity index (χ3v) is 4.90. The summed E-state index contributed by atoms with van der Waals surface area (Å²) >= 11 is 0. The van der Waals surface area contributed by atoms with Crippen molar-refractivity contribution in [2.45, 2.75) is 44.9 Å². The molecule has 0 aliphatic heterocycles. The Morgan fingerprint density at radius 3 is 2.31 bits per heavy atom. The fourth-order valence-electron chi connectivity index (χ4n) is 3.39. The van der Waals surface area contributed by atoms with Crippen LogP contribution in [-0.4, -0.2) is 41.9 Å². The molecule has 0 saturated heterocycles. The first kappa shape index (κ1) is 19.9. The van der Waals surface area contributed by atoms with Gasteiger partial charge in [0.25, 0.3) is 5.91 Å². The molecule has 0 heterocycles. The number of hydrogen-bond acceptors (Lipinski definition) is 3. The number of amides is 2. The second-order valence-electron chi connectivity index (χ2n) is 7.12. The summed E-state index contributed by atoms with van der Waals surface area (Å²) in [4.78, 5) is 37.5. The minimum Gasteiger partial charge on any atom is -0.481 e. The van der Waals surface area contributed by atoms with Gasteiger partial charge in [-0.05, 0) is 31.0 Å². The zero-order valence-corrected chi connectivity index (χ0v) is 15.2. The molecule has 7 heteroatoms. The predicted octanol–water partition coefficient (Wildman–Crippen LogP) is 3.28. The van der Waals surface area contributed by atoms with Crippen LogP contribution in [0.3, 0.4) is 0 Å². The molecule has 0 radical (unpaired) electrons. The number of carbonyl (C=O) groups is 3. The van der Waals surface area contributed by atoms with E-state index in [0.717, 1.165) is 31.7 Å². The molecule has 2 N–H and O–H groups in total. The minimum absolute atomic E-state index is 0.128. The number of hydrogen-bond donors (Lipinski definition) is 2. The van der Waals surface area contributed by atoms with Crippen LogP contribution in [0.2, 0.25) is 0 Å². The Bertz CT molecular complexity index is 695. The maximum Gasteiger partial charge on any atom is 0.310 e. The third kappa shape index (κ3) is 4.59. The molecule has 1 aliphatic carbocycles. The molecule has 142 valence electrons. The van der Waals surface area contributed by atoms with E-state index in [2.05, 4.69) is 5.32 Å². The highest BCUT2D eigenvalue weighted by Gasteiger charge is 2.40. The Hall–Kier alpha value is -2.44. The second-order valence-corrected chi connectivity index (χ2v) is 7.12. The summed E-state index contributed by atoms with van der Waals surface area (Å²) in [5, 5.41) is 12.3. The molecule has 6 nitrogen and oxygen atoms in total. The average Bonchev–Trinajstić information content (AvgIpc) is 2.82. The Labute approximate surface area is 152 Å². The zero-order valence-electron chi connectivity index (χ0n) is 15.2. The number of nitrogens with one attached hydrogen (secondary N) is 1. The van der Waals surface area contributed by atoms with E-state index in [-0.39, 0.29) is 17.7 Å². The lowest BCUT2D eigenvalue weighted by Crippen LogP contribution is -2.35. The molecule has 0 atom stereocenters. The van der Waals surface area contributed by atoms with Crippen molar-refractivity contribution in [2.24, 2.45) is 5.41 Å². The minimum atomic E-state index is -1.05. The predicted molar refractivity (Wildman–Crippen MR) is 95.4 cm³/mol. The molecule has 1 aromatic carbocycles. The molecule has 0 spiro atoms. The lowest BCUT2D eigenvalue weighted by molar-refractivity contribution is -0.152. The van der Waals surface area contributed by atoms with Crippen molar-refractivity contribution in [3.8, 4) is 0 Å². The topological polar surface area (TPSA) is 86.7 Å². The number of carboxylic acids is 1. The van der Waals surface area contributed by atoms with Gasteiger partial charge in [-0.15, -0.1) is 0 Å². The van der Waals surface area contributed by atoms with E-state index in [1.165, 1.54) is 31.1 Å². The first-order valence-corrected chi connectivity index (χ1v) is 8.80. The van der Waals surface area contributed by atoms with Gasteiger partial charge >= 0.3 is 5.97 Å². The summed E-state index contributed by atoms with van der Waals surface area (Å²) < 4.78 is 13.9. The van der Waals surface area contributed by atoms with Crippen LogP contribution in [0, 0.1) is 11.2 Å². The molecule has 0 unspecified atom stereocenters. The first-order valence-electron chi connectivity index (χ1n) is 8.80. The molecule has 26 heavy (non-hydrogen) atoms. The lowest BCUT2D eigenvalue weighted by Gasteiger charge is -2.27. The molecular formula is C19H25FN2O4. The highest BCUT2D eigenvalue weighted by molar-refractivity contribution is 5.98. The summed E-state index contributed by atoms with van der Waals surface area (Å²) in [6, 6.07) is 3.75. The standard InChI is InChI=1S/C19H25FN2O4/c1-22(2)17(24)14-11-13(7-8-15(14)20)21-16(23)12-19(18(25)26)9-5-3-4-6-10-19/h7-8,11H,3-6,9-10,12H2,1-2H3,(H,21,23)(H,25,26). The van der Waals surface area contributed by atoms with Gasteiger partial charge in [0, 0.05) is 26.2 Å². The van der Waals surface area contributed by atoms with Gasteiger partial charge in [-0.2, -0.15) is 0 Å². The highest BCUT2D eigenvalue weighted by atomic mass is 19.1. The Balaban J connectivity index is 2.15. The summed E-state index contributed by atoms with van der Waals surface area (Å²) in [5.74, 6) is -2.57. The van der Waals surface area contributed by atoms with E-state index in [4.69, 9.17) is 0 Å². The maximum absolute atomic E-state index is 13.9. The summed E-state index contributed by atoms with van der Waals surface area (Å²) in [5.41, 5.74) is -0.922. The average molecular weight is 364 g/mol. The summed E-state index contributed by atoms with van der Waals surface area (Å²) in [7, 11) is 3.02. The van der Waals surface area contributed by atoms with Gasteiger partial charge < -0.3 is 15.3 Å². The van der Waals surface area contributed by atoms with E-state index in [0.29, 0.717) is 12.8 Å². The summed E-state index contributed by atoms with van der Waals surface area (Å²) in [6.45, 7) is 0. The first-order chi connectivity index (χ1) is 12.2. The van der Waals surface area contributed by atoms with Crippen molar-refractivity contribution < 1.29 is 23.9 Å². The molecule has 0 aromatic heterocycles. The van der Waals surface area contributed by atoms with Gasteiger partial charge in [0.05, 0.1) is 11.0 Å². The monoisotopic (exact) mass is 364 g/mol. The lowest BCUT2D eigenvalue weighted by atomic mass is 9.77. The Morgan fingerprint density at radius 2 is 1.77 bits per heavy atom. The third-order valence-electron chi connectivity index (χ3n) is 4.90. The highest BCUT2D eigenvalue weighted by Crippen LogP contribution is 2.38. The smallest absolute Gasteiger partial charge is 0.310 e. The van der Waals surface area contributed by atoms with Crippen molar-refractivity contribution in [1.29, 1.82) is 0 Å². The van der Waals surface area contributed by atoms with Crippen LogP contribution in [0.5, 0.6) is 0 Å². The van der Waals surface area contributed by atoms with E-state index < -0.39 is 29.0 Å². The fraction of sp³-hybridized carbons (Fsp3) is 0.526. The van der Waals surface area contributed by atoms with Crippen LogP contribution in [0.4, 0.5) is 10.1 Å². The van der Waals surface area contributed by atoms with Gasteiger partial charge in [-0.3, -0.25) is 14.4 Å². The van der Waals surface area contributed by atoms with Gasteiger partial charge in [0.2, 0.25) is 5.91 Å². The molecule has 0 bridgehead atoms. The molecular weight excluding hydrogens is 339 g/mol. The maximum atomic E-state index is 13.9. The normalized spacial score (nSPS) is 16.4. The Kier molecular flexibility index (Phi) is 6.34. The number of anilines is 1. The SMILES string of the molecule is CN(C)C(=O)c1cc(NC(=O)CC2(C(=O)O)CCCCCC2)ccc1F. The molecule has 2 amide bonds. The van der Waals surface area contributed by atoms with E-state index >= 15 is 0 Å². The van der Waals surface area contributed by atoms with Gasteiger partial charge in [-0.1, -0.05) is 25.7 Å². The molecule has 1 fully saturated rings. The largest absolute Gasteiger partial charge is 0.481 e. The van der Waals surface area contributed by atoms with Crippen LogP contribution < -0.4 is 5.32 Å². The van der Waals surface area contributed by atoms with Gasteiger partial charge in [-0.25, -0.2) is 4.39 Å². The molecule has 1 aromatic rings. The van der Waals surface area contributed by atoms with E-state index in [9.17, 15) is 23.9 Å². The van der Waals surface area contributed by atoms with E-state index in [1.807, 2.05) is 0 Å². The van der Waals surface area contributed by atoms with Crippen LogP contribution in [0.1, 0.15) is 55.3 Å². The second kappa shape index (κ2) is 8.29. The van der Waals surface area contributed by atoms with Crippen molar-refractivity contribution in [2.75, 3.05) is 19.4 Å². The van der Waals surface area contributed by atoms with Crippen molar-refractivity contribution in [1.82, 2.24) is 4.90 Å². The van der Waals surface area contributed by atoms with Crippen LogP contribution in [0.15, 0.2) is 18.2 Å². The van der Waals surface area contributed by atoms with Crippen LogP contribution >= 0.6 is 0 Å². The van der Waals surface area contributed by atoms with Crippen LogP contribution in [0.25, 0.3) is 0 Å². The number of carboxylic acid groups (broad SMARTS) is 1. The zero-order chi connectivity index (χ0) is 19.3.